The summed E-state index contributed by atoms with van der Waals surface area (Å²) < 4.78 is 0. The second kappa shape index (κ2) is 7.25. The van der Waals surface area contributed by atoms with Crippen LogP contribution in [0.4, 0.5) is 0 Å². The largest absolute Gasteiger partial charge is 0.330 e. The molecule has 1 aliphatic heterocycles. The predicted molar refractivity (Wildman–Crippen MR) is 70.5 cm³/mol. The van der Waals surface area contributed by atoms with Gasteiger partial charge in [0.15, 0.2) is 0 Å². The maximum atomic E-state index is 5.77. The fourth-order valence-electron chi connectivity index (χ4n) is 2.57. The Bertz CT molecular complexity index is 182. The highest BCUT2D eigenvalue weighted by atomic mass is 15.2. The molecule has 0 aromatic heterocycles. The molecule has 0 aliphatic carbocycles. The Hall–Kier alpha value is -0.120. The molecular weight excluding hydrogens is 198 g/mol. The number of likely N-dealkylation sites (tertiary alicyclic amines) is 1. The van der Waals surface area contributed by atoms with Crippen molar-refractivity contribution < 1.29 is 0 Å². The number of hydrogen-bond donors (Lipinski definition) is 2. The molecule has 96 valence electrons. The Balaban J connectivity index is 2.19. The van der Waals surface area contributed by atoms with Crippen molar-refractivity contribution in [2.45, 2.75) is 39.7 Å². The summed E-state index contributed by atoms with van der Waals surface area (Å²) in [6.45, 7) is 12.3. The van der Waals surface area contributed by atoms with Gasteiger partial charge in [0.25, 0.3) is 0 Å². The van der Waals surface area contributed by atoms with Crippen molar-refractivity contribution in [3.63, 3.8) is 0 Å². The summed E-state index contributed by atoms with van der Waals surface area (Å²) in [4.78, 5) is 2.58. The first-order valence-electron chi connectivity index (χ1n) is 6.83. The molecule has 3 heteroatoms. The number of hydrogen-bond acceptors (Lipinski definition) is 3. The lowest BCUT2D eigenvalue weighted by Crippen LogP contribution is -2.41. The van der Waals surface area contributed by atoms with E-state index in [4.69, 9.17) is 5.73 Å². The topological polar surface area (TPSA) is 41.3 Å². The van der Waals surface area contributed by atoms with E-state index in [-0.39, 0.29) is 0 Å². The fraction of sp³-hybridized carbons (Fsp3) is 1.00. The van der Waals surface area contributed by atoms with E-state index in [9.17, 15) is 0 Å². The van der Waals surface area contributed by atoms with Crippen LogP contribution >= 0.6 is 0 Å². The highest BCUT2D eigenvalue weighted by molar-refractivity contribution is 4.80. The van der Waals surface area contributed by atoms with E-state index in [0.29, 0.717) is 11.8 Å². The van der Waals surface area contributed by atoms with Crippen LogP contribution in [0, 0.1) is 11.8 Å². The third kappa shape index (κ3) is 4.04. The van der Waals surface area contributed by atoms with Gasteiger partial charge in [-0.1, -0.05) is 20.8 Å². The average molecular weight is 227 g/mol. The zero-order valence-electron chi connectivity index (χ0n) is 11.2. The molecule has 1 fully saturated rings. The standard InChI is InChI=1S/C13H29N3/c1-4-16-7-5-6-13(16)10-15-9-12(8-14)11(2)3/h11-13,15H,4-10,14H2,1-3H3. The Morgan fingerprint density at radius 3 is 2.75 bits per heavy atom. The first-order valence-corrected chi connectivity index (χ1v) is 6.83. The second-order valence-electron chi connectivity index (χ2n) is 5.32. The lowest BCUT2D eigenvalue weighted by atomic mass is 9.96. The molecule has 1 saturated heterocycles. The molecule has 2 atom stereocenters. The highest BCUT2D eigenvalue weighted by Gasteiger charge is 2.22. The third-order valence-electron chi connectivity index (χ3n) is 3.94. The first kappa shape index (κ1) is 13.9. The van der Waals surface area contributed by atoms with Crippen LogP contribution in [0.1, 0.15) is 33.6 Å². The molecule has 0 aromatic rings. The zero-order chi connectivity index (χ0) is 12.0. The third-order valence-corrected chi connectivity index (χ3v) is 3.94. The minimum Gasteiger partial charge on any atom is -0.330 e. The quantitative estimate of drug-likeness (QED) is 0.689. The van der Waals surface area contributed by atoms with Gasteiger partial charge >= 0.3 is 0 Å². The van der Waals surface area contributed by atoms with Crippen LogP contribution in [0.5, 0.6) is 0 Å². The number of rotatable bonds is 7. The molecule has 2 unspecified atom stereocenters. The molecule has 16 heavy (non-hydrogen) atoms. The Kier molecular flexibility index (Phi) is 6.32. The summed E-state index contributed by atoms with van der Waals surface area (Å²) in [6.07, 6.45) is 2.72. The minimum atomic E-state index is 0.622. The van der Waals surface area contributed by atoms with Crippen molar-refractivity contribution in [3.05, 3.63) is 0 Å². The second-order valence-corrected chi connectivity index (χ2v) is 5.32. The average Bonchev–Trinajstić information content (AvgIpc) is 2.71. The molecule has 0 radical (unpaired) electrons. The number of likely N-dealkylation sites (N-methyl/N-ethyl adjacent to an activating group) is 1. The summed E-state index contributed by atoms with van der Waals surface area (Å²) in [5, 5.41) is 3.60. The Labute approximate surface area is 101 Å². The molecular formula is C13H29N3. The predicted octanol–water partition coefficient (Wildman–Crippen LogP) is 1.29. The molecule has 3 N–H and O–H groups in total. The van der Waals surface area contributed by atoms with Crippen LogP contribution in [0.3, 0.4) is 0 Å². The van der Waals surface area contributed by atoms with E-state index < -0.39 is 0 Å². The van der Waals surface area contributed by atoms with Gasteiger partial charge in [-0.3, -0.25) is 4.90 Å². The van der Waals surface area contributed by atoms with E-state index >= 15 is 0 Å². The zero-order valence-corrected chi connectivity index (χ0v) is 11.2. The van der Waals surface area contributed by atoms with Crippen molar-refractivity contribution in [2.75, 3.05) is 32.7 Å². The number of nitrogens with zero attached hydrogens (tertiary/aromatic N) is 1. The van der Waals surface area contributed by atoms with Crippen LogP contribution < -0.4 is 11.1 Å². The summed E-state index contributed by atoms with van der Waals surface area (Å²) >= 11 is 0. The molecule has 1 rings (SSSR count). The molecule has 0 aromatic carbocycles. The van der Waals surface area contributed by atoms with Crippen molar-refractivity contribution >= 4 is 0 Å². The molecule has 0 spiro atoms. The minimum absolute atomic E-state index is 0.622. The molecule has 0 saturated carbocycles. The molecule has 0 bridgehead atoms. The summed E-state index contributed by atoms with van der Waals surface area (Å²) in [5.41, 5.74) is 5.77. The van der Waals surface area contributed by atoms with Gasteiger partial charge in [-0.25, -0.2) is 0 Å². The first-order chi connectivity index (χ1) is 7.69. The molecule has 1 aliphatic rings. The monoisotopic (exact) mass is 227 g/mol. The normalized spacial score (nSPS) is 24.2. The summed E-state index contributed by atoms with van der Waals surface area (Å²) in [6, 6.07) is 0.760. The molecule has 3 nitrogen and oxygen atoms in total. The van der Waals surface area contributed by atoms with E-state index in [2.05, 4.69) is 31.0 Å². The van der Waals surface area contributed by atoms with Crippen molar-refractivity contribution in [3.8, 4) is 0 Å². The van der Waals surface area contributed by atoms with Crippen LogP contribution in [-0.2, 0) is 0 Å². The van der Waals surface area contributed by atoms with Gasteiger partial charge in [-0.15, -0.1) is 0 Å². The van der Waals surface area contributed by atoms with Gasteiger partial charge < -0.3 is 11.1 Å². The molecule has 1 heterocycles. The van der Waals surface area contributed by atoms with E-state index in [1.54, 1.807) is 0 Å². The lowest BCUT2D eigenvalue weighted by molar-refractivity contribution is 0.252. The van der Waals surface area contributed by atoms with Gasteiger partial charge in [0.2, 0.25) is 0 Å². The van der Waals surface area contributed by atoms with Crippen LogP contribution in [0.25, 0.3) is 0 Å². The van der Waals surface area contributed by atoms with E-state index in [0.717, 1.165) is 25.7 Å². The van der Waals surface area contributed by atoms with E-state index in [1.807, 2.05) is 0 Å². The number of nitrogens with one attached hydrogen (secondary N) is 1. The fourth-order valence-corrected chi connectivity index (χ4v) is 2.57. The van der Waals surface area contributed by atoms with Gasteiger partial charge in [0.1, 0.15) is 0 Å². The lowest BCUT2D eigenvalue weighted by Gasteiger charge is -2.25. The molecule has 0 amide bonds. The van der Waals surface area contributed by atoms with Gasteiger partial charge in [0, 0.05) is 12.6 Å². The van der Waals surface area contributed by atoms with Gasteiger partial charge in [-0.05, 0) is 50.9 Å². The SMILES string of the molecule is CCN1CCCC1CNCC(CN)C(C)C. The number of nitrogens with two attached hydrogens (primary N) is 1. The summed E-state index contributed by atoms with van der Waals surface area (Å²) in [5.74, 6) is 1.31. The van der Waals surface area contributed by atoms with Crippen LogP contribution in [0.15, 0.2) is 0 Å². The maximum absolute atomic E-state index is 5.77. The maximum Gasteiger partial charge on any atom is 0.0220 e. The summed E-state index contributed by atoms with van der Waals surface area (Å²) in [7, 11) is 0. The van der Waals surface area contributed by atoms with Gasteiger partial charge in [0.05, 0.1) is 0 Å². The van der Waals surface area contributed by atoms with Crippen LogP contribution in [0.2, 0.25) is 0 Å². The van der Waals surface area contributed by atoms with Crippen LogP contribution in [-0.4, -0.2) is 43.7 Å². The highest BCUT2D eigenvalue weighted by Crippen LogP contribution is 2.16. The van der Waals surface area contributed by atoms with Gasteiger partial charge in [-0.2, -0.15) is 0 Å². The van der Waals surface area contributed by atoms with Crippen molar-refractivity contribution in [1.29, 1.82) is 0 Å². The Morgan fingerprint density at radius 1 is 1.44 bits per heavy atom. The van der Waals surface area contributed by atoms with Crippen molar-refractivity contribution in [2.24, 2.45) is 17.6 Å². The Morgan fingerprint density at radius 2 is 2.19 bits per heavy atom. The van der Waals surface area contributed by atoms with E-state index in [1.165, 1.54) is 25.9 Å². The van der Waals surface area contributed by atoms with Crippen molar-refractivity contribution in [1.82, 2.24) is 10.2 Å². The smallest absolute Gasteiger partial charge is 0.0220 e.